The van der Waals surface area contributed by atoms with Crippen molar-refractivity contribution in [3.63, 3.8) is 0 Å². The van der Waals surface area contributed by atoms with Gasteiger partial charge in [0.15, 0.2) is 0 Å². The number of aromatic nitrogens is 2. The molecule has 2 heterocycles. The van der Waals surface area contributed by atoms with Gasteiger partial charge in [-0.25, -0.2) is 9.78 Å². The van der Waals surface area contributed by atoms with Gasteiger partial charge in [-0.3, -0.25) is 9.69 Å². The van der Waals surface area contributed by atoms with Crippen molar-refractivity contribution >= 4 is 27.5 Å². The molecule has 8 nitrogen and oxygen atoms in total. The number of fused-ring (bicyclic) bond motifs is 1. The maximum atomic E-state index is 12.7. The standard InChI is InChI=1S/C22H27N3O5S/c1-4-30-22(28)19-14(2)18-20(27)23-17(24-21(18)31-19)12-25(11-16(26)13-29-3)10-15-8-6-5-7-9-15/h5-9,16,26H,4,10-13H2,1-3H3,(H,23,24,27)/t16-/m1/s1. The fourth-order valence-electron chi connectivity index (χ4n) is 3.44. The van der Waals surface area contributed by atoms with E-state index in [4.69, 9.17) is 9.47 Å². The number of carbonyl (C=O) groups excluding carboxylic acids is 1. The molecule has 1 aromatic carbocycles. The molecule has 2 N–H and O–H groups in total. The maximum absolute atomic E-state index is 12.7. The van der Waals surface area contributed by atoms with Gasteiger partial charge in [0.05, 0.1) is 31.2 Å². The molecule has 0 bridgehead atoms. The Balaban J connectivity index is 1.90. The number of aryl methyl sites for hydroxylation is 1. The first-order chi connectivity index (χ1) is 14.9. The average Bonchev–Trinajstić information content (AvgIpc) is 3.06. The number of hydrogen-bond donors (Lipinski definition) is 2. The predicted molar refractivity (Wildman–Crippen MR) is 119 cm³/mol. The lowest BCUT2D eigenvalue weighted by Crippen LogP contribution is -2.35. The lowest BCUT2D eigenvalue weighted by molar-refractivity contribution is 0.0332. The number of nitrogens with one attached hydrogen (secondary N) is 1. The van der Waals surface area contributed by atoms with Crippen LogP contribution in [0.4, 0.5) is 0 Å². The highest BCUT2D eigenvalue weighted by Gasteiger charge is 2.21. The SMILES string of the molecule is CCOC(=O)c1sc2nc(CN(Cc3ccccc3)C[C@@H](O)COC)[nH]c(=O)c2c1C. The Hall–Kier alpha value is -2.59. The van der Waals surface area contributed by atoms with Crippen LogP contribution in [0.2, 0.25) is 0 Å². The number of aliphatic hydroxyl groups excluding tert-OH is 1. The number of ether oxygens (including phenoxy) is 2. The summed E-state index contributed by atoms with van der Waals surface area (Å²) in [5.41, 5.74) is 1.36. The molecule has 0 aliphatic rings. The fourth-order valence-corrected chi connectivity index (χ4v) is 4.53. The second kappa shape index (κ2) is 10.6. The number of aromatic amines is 1. The zero-order chi connectivity index (χ0) is 22.4. The molecule has 0 radical (unpaired) electrons. The van der Waals surface area contributed by atoms with Crippen LogP contribution in [0.1, 0.15) is 33.5 Å². The largest absolute Gasteiger partial charge is 0.462 e. The molecule has 0 unspecified atom stereocenters. The van der Waals surface area contributed by atoms with Gasteiger partial charge in [-0.1, -0.05) is 30.3 Å². The number of nitrogens with zero attached hydrogens (tertiary/aromatic N) is 2. The second-order valence-electron chi connectivity index (χ2n) is 7.23. The molecule has 0 saturated carbocycles. The molecular formula is C22H27N3O5S. The van der Waals surface area contributed by atoms with E-state index in [0.717, 1.165) is 16.9 Å². The lowest BCUT2D eigenvalue weighted by Gasteiger charge is -2.24. The van der Waals surface area contributed by atoms with E-state index in [9.17, 15) is 14.7 Å². The Bertz CT molecular complexity index is 1080. The molecule has 0 aliphatic heterocycles. The minimum atomic E-state index is -0.677. The topological polar surface area (TPSA) is 105 Å². The Morgan fingerprint density at radius 1 is 1.29 bits per heavy atom. The number of methoxy groups -OCH3 is 1. The number of carbonyl (C=O) groups is 1. The van der Waals surface area contributed by atoms with E-state index in [1.54, 1.807) is 13.8 Å². The van der Waals surface area contributed by atoms with Crippen LogP contribution in [0, 0.1) is 6.92 Å². The van der Waals surface area contributed by atoms with Crippen LogP contribution >= 0.6 is 11.3 Å². The Kier molecular flexibility index (Phi) is 7.91. The van der Waals surface area contributed by atoms with Crippen LogP contribution in [0.15, 0.2) is 35.1 Å². The van der Waals surface area contributed by atoms with E-state index in [-0.39, 0.29) is 18.8 Å². The van der Waals surface area contributed by atoms with Crippen molar-refractivity contribution in [1.82, 2.24) is 14.9 Å². The highest BCUT2D eigenvalue weighted by molar-refractivity contribution is 7.20. The number of H-pyrrole nitrogens is 1. The van der Waals surface area contributed by atoms with Crippen LogP contribution in [0.25, 0.3) is 10.2 Å². The highest BCUT2D eigenvalue weighted by Crippen LogP contribution is 2.27. The van der Waals surface area contributed by atoms with Gasteiger partial charge in [0, 0.05) is 20.2 Å². The molecule has 2 aromatic heterocycles. The summed E-state index contributed by atoms with van der Waals surface area (Å²) >= 11 is 1.16. The van der Waals surface area contributed by atoms with Gasteiger partial charge < -0.3 is 19.6 Å². The van der Waals surface area contributed by atoms with Gasteiger partial charge in [-0.05, 0) is 25.0 Å². The van der Waals surface area contributed by atoms with Gasteiger partial charge in [0.2, 0.25) is 0 Å². The normalized spacial score (nSPS) is 12.4. The molecule has 3 rings (SSSR count). The average molecular weight is 446 g/mol. The first-order valence-electron chi connectivity index (χ1n) is 10.1. The van der Waals surface area contributed by atoms with Crippen molar-refractivity contribution in [1.29, 1.82) is 0 Å². The first-order valence-corrected chi connectivity index (χ1v) is 10.9. The minimum absolute atomic E-state index is 0.210. The number of benzene rings is 1. The summed E-state index contributed by atoms with van der Waals surface area (Å²) in [5, 5.41) is 10.7. The molecule has 0 aliphatic carbocycles. The van der Waals surface area contributed by atoms with Crippen LogP contribution in [0.3, 0.4) is 0 Å². The summed E-state index contributed by atoms with van der Waals surface area (Å²) < 4.78 is 10.1. The van der Waals surface area contributed by atoms with E-state index in [1.165, 1.54) is 7.11 Å². The quantitative estimate of drug-likeness (QED) is 0.462. The number of esters is 1. The van der Waals surface area contributed by atoms with E-state index in [1.807, 2.05) is 35.2 Å². The Morgan fingerprint density at radius 2 is 2.03 bits per heavy atom. The van der Waals surface area contributed by atoms with Crippen LogP contribution < -0.4 is 5.56 Å². The van der Waals surface area contributed by atoms with Gasteiger partial charge >= 0.3 is 5.97 Å². The molecule has 1 atom stereocenters. The number of thiophene rings is 1. The van der Waals surface area contributed by atoms with Crippen LogP contribution in [-0.4, -0.2) is 58.9 Å². The van der Waals surface area contributed by atoms with Gasteiger partial charge in [-0.15, -0.1) is 11.3 Å². The fraction of sp³-hybridized carbons (Fsp3) is 0.409. The summed E-state index contributed by atoms with van der Waals surface area (Å²) in [5.74, 6) is 0.0204. The predicted octanol–water partition coefficient (Wildman–Crippen LogP) is 2.48. The molecule has 31 heavy (non-hydrogen) atoms. The first kappa shape index (κ1) is 23.1. The number of aliphatic hydroxyl groups is 1. The van der Waals surface area contributed by atoms with Gasteiger partial charge in [0.1, 0.15) is 15.5 Å². The number of rotatable bonds is 10. The van der Waals surface area contributed by atoms with E-state index >= 15 is 0 Å². The molecule has 0 amide bonds. The monoisotopic (exact) mass is 445 g/mol. The van der Waals surface area contributed by atoms with Crippen LogP contribution in [-0.2, 0) is 22.6 Å². The summed E-state index contributed by atoms with van der Waals surface area (Å²) in [6, 6.07) is 9.86. The Morgan fingerprint density at radius 3 is 2.71 bits per heavy atom. The molecule has 3 aromatic rings. The second-order valence-corrected chi connectivity index (χ2v) is 8.23. The molecule has 0 spiro atoms. The van der Waals surface area contributed by atoms with E-state index in [0.29, 0.717) is 46.1 Å². The zero-order valence-corrected chi connectivity index (χ0v) is 18.7. The van der Waals surface area contributed by atoms with Gasteiger partial charge in [0.25, 0.3) is 5.56 Å². The maximum Gasteiger partial charge on any atom is 0.348 e. The number of hydrogen-bond acceptors (Lipinski definition) is 8. The third-order valence-corrected chi connectivity index (χ3v) is 5.93. The van der Waals surface area contributed by atoms with E-state index < -0.39 is 12.1 Å². The third-order valence-electron chi connectivity index (χ3n) is 4.76. The molecule has 9 heteroatoms. The summed E-state index contributed by atoms with van der Waals surface area (Å²) in [6.45, 7) is 5.18. The minimum Gasteiger partial charge on any atom is -0.462 e. The summed E-state index contributed by atoms with van der Waals surface area (Å²) in [7, 11) is 1.54. The van der Waals surface area contributed by atoms with Gasteiger partial charge in [-0.2, -0.15) is 0 Å². The zero-order valence-electron chi connectivity index (χ0n) is 17.9. The summed E-state index contributed by atoms with van der Waals surface area (Å²) in [4.78, 5) is 35.3. The van der Waals surface area contributed by atoms with E-state index in [2.05, 4.69) is 9.97 Å². The van der Waals surface area contributed by atoms with Crippen molar-refractivity contribution in [2.45, 2.75) is 33.0 Å². The smallest absolute Gasteiger partial charge is 0.348 e. The van der Waals surface area contributed by atoms with Crippen molar-refractivity contribution in [2.24, 2.45) is 0 Å². The Labute approximate surface area is 184 Å². The lowest BCUT2D eigenvalue weighted by atomic mass is 10.2. The molecular weight excluding hydrogens is 418 g/mol. The van der Waals surface area contributed by atoms with Crippen molar-refractivity contribution < 1.29 is 19.4 Å². The molecule has 0 fully saturated rings. The van der Waals surface area contributed by atoms with Crippen LogP contribution in [0.5, 0.6) is 0 Å². The van der Waals surface area contributed by atoms with Crippen molar-refractivity contribution in [3.8, 4) is 0 Å². The molecule has 0 saturated heterocycles. The third kappa shape index (κ3) is 5.76. The summed E-state index contributed by atoms with van der Waals surface area (Å²) in [6.07, 6.45) is -0.677. The highest BCUT2D eigenvalue weighted by atomic mass is 32.1. The van der Waals surface area contributed by atoms with Crippen molar-refractivity contribution in [3.05, 3.63) is 62.5 Å². The molecule has 166 valence electrons. The van der Waals surface area contributed by atoms with Crippen molar-refractivity contribution in [2.75, 3.05) is 26.9 Å².